The molecule has 4 aromatic rings. The smallest absolute Gasteiger partial charge is 0.244 e. The van der Waals surface area contributed by atoms with Crippen molar-refractivity contribution in [2.24, 2.45) is 0 Å². The van der Waals surface area contributed by atoms with Crippen LogP contribution in [0.15, 0.2) is 77.7 Å². The number of sulfonamides is 1. The number of fused-ring (bicyclic) bond motifs is 4. The minimum atomic E-state index is -3.73. The number of likely N-dealkylation sites (N-methyl/N-ethyl adjacent to an activating group) is 1. The van der Waals surface area contributed by atoms with E-state index >= 15 is 0 Å². The van der Waals surface area contributed by atoms with Crippen LogP contribution >= 0.6 is 11.6 Å². The topological polar surface area (TPSA) is 58.4 Å². The van der Waals surface area contributed by atoms with Crippen molar-refractivity contribution in [3.63, 3.8) is 0 Å². The first-order valence-electron chi connectivity index (χ1n) is 15.3. The van der Waals surface area contributed by atoms with Crippen LogP contribution < -0.4 is 0 Å². The van der Waals surface area contributed by atoms with Crippen molar-refractivity contribution in [3.05, 3.63) is 94.8 Å². The van der Waals surface area contributed by atoms with Crippen molar-refractivity contribution < 1.29 is 8.42 Å². The van der Waals surface area contributed by atoms with Crippen molar-refractivity contribution in [3.8, 4) is 0 Å². The first-order valence-corrected chi connectivity index (χ1v) is 17.1. The van der Waals surface area contributed by atoms with E-state index in [9.17, 15) is 8.42 Å². The fourth-order valence-electron chi connectivity index (χ4n) is 8.39. The van der Waals surface area contributed by atoms with Crippen LogP contribution in [0.5, 0.6) is 0 Å². The van der Waals surface area contributed by atoms with Crippen LogP contribution in [0.4, 0.5) is 0 Å². The van der Waals surface area contributed by atoms with Gasteiger partial charge in [-0.05, 0) is 93.8 Å². The van der Waals surface area contributed by atoms with E-state index in [0.29, 0.717) is 24.7 Å². The average molecular weight is 603 g/mol. The first kappa shape index (κ1) is 28.1. The maximum atomic E-state index is 13.7. The molecule has 0 radical (unpaired) electrons. The second-order valence-corrected chi connectivity index (χ2v) is 15.1. The van der Waals surface area contributed by atoms with Gasteiger partial charge in [-0.3, -0.25) is 4.90 Å². The lowest BCUT2D eigenvalue weighted by atomic mass is 9.78. The largest absolute Gasteiger partial charge is 0.325 e. The quantitative estimate of drug-likeness (QED) is 0.224. The summed E-state index contributed by atoms with van der Waals surface area (Å²) in [5.41, 5.74) is 4.77. The Bertz CT molecular complexity index is 1720. The molecule has 42 heavy (non-hydrogen) atoms. The zero-order valence-corrected chi connectivity index (χ0v) is 26.0. The van der Waals surface area contributed by atoms with Gasteiger partial charge >= 0.3 is 0 Å². The molecule has 0 saturated carbocycles. The fraction of sp³-hybridized carbons (Fsp3) is 0.441. The summed E-state index contributed by atoms with van der Waals surface area (Å²) in [5, 5.41) is 0.269. The fourth-order valence-corrected chi connectivity index (χ4v) is 10.1. The number of aryl methyl sites for hydroxylation is 2. The van der Waals surface area contributed by atoms with Gasteiger partial charge in [-0.2, -0.15) is 4.31 Å². The standard InChI is InChI=1S/C34H39ClN4O2S/c1-24-36-31-12-6-7-13-32(31)39(24)28-21-26-15-16-27(22-28)38(26)20-19-34(18-17-25-9-3-4-10-29(25)34)23-37(2)42(40,41)33-14-8-5-11-30(33)35/h3-14,26-28H,15-23H2,1-2H3/t26-,27-,34?/m0/s1. The molecule has 0 spiro atoms. The van der Waals surface area contributed by atoms with Crippen LogP contribution in [-0.4, -0.2) is 59.4 Å². The summed E-state index contributed by atoms with van der Waals surface area (Å²) in [5.74, 6) is 1.11. The van der Waals surface area contributed by atoms with E-state index in [1.54, 1.807) is 35.6 Å². The van der Waals surface area contributed by atoms with Gasteiger partial charge in [0.15, 0.2) is 0 Å². The molecule has 0 N–H and O–H groups in total. The van der Waals surface area contributed by atoms with Crippen LogP contribution in [0.1, 0.15) is 61.5 Å². The molecule has 6 nitrogen and oxygen atoms in total. The number of para-hydroxylation sites is 2. The summed E-state index contributed by atoms with van der Waals surface area (Å²) >= 11 is 6.36. The lowest BCUT2D eigenvalue weighted by Crippen LogP contribution is -2.47. The van der Waals surface area contributed by atoms with Gasteiger partial charge in [0.1, 0.15) is 10.7 Å². The van der Waals surface area contributed by atoms with Crippen LogP contribution in [0.3, 0.4) is 0 Å². The van der Waals surface area contributed by atoms with E-state index in [1.807, 2.05) is 0 Å². The Morgan fingerprint density at radius 1 is 0.952 bits per heavy atom. The molecule has 2 aliphatic heterocycles. The summed E-state index contributed by atoms with van der Waals surface area (Å²) < 4.78 is 31.4. The van der Waals surface area contributed by atoms with Crippen molar-refractivity contribution in [2.45, 2.75) is 80.3 Å². The van der Waals surface area contributed by atoms with Gasteiger partial charge in [0, 0.05) is 37.1 Å². The molecule has 2 bridgehead atoms. The highest BCUT2D eigenvalue weighted by molar-refractivity contribution is 7.89. The number of hydrogen-bond donors (Lipinski definition) is 0. The molecule has 1 aromatic heterocycles. The highest BCUT2D eigenvalue weighted by atomic mass is 35.5. The minimum absolute atomic E-state index is 0.179. The lowest BCUT2D eigenvalue weighted by molar-refractivity contribution is 0.0949. The van der Waals surface area contributed by atoms with Gasteiger partial charge in [-0.15, -0.1) is 0 Å². The first-order chi connectivity index (χ1) is 20.3. The number of imidazole rings is 1. The van der Waals surface area contributed by atoms with E-state index in [-0.39, 0.29) is 15.3 Å². The normalized spacial score (nSPS) is 25.9. The molecule has 1 unspecified atom stereocenters. The monoisotopic (exact) mass is 602 g/mol. The molecule has 3 aromatic carbocycles. The van der Waals surface area contributed by atoms with Crippen molar-refractivity contribution >= 4 is 32.7 Å². The van der Waals surface area contributed by atoms with Crippen LogP contribution in [0.2, 0.25) is 5.02 Å². The molecular weight excluding hydrogens is 564 g/mol. The summed E-state index contributed by atoms with van der Waals surface area (Å²) in [6, 6.07) is 25.5. The van der Waals surface area contributed by atoms with Gasteiger partial charge < -0.3 is 4.57 Å². The second-order valence-electron chi connectivity index (χ2n) is 12.6. The molecule has 3 atom stereocenters. The molecule has 2 saturated heterocycles. The van der Waals surface area contributed by atoms with Gasteiger partial charge in [-0.1, -0.05) is 60.1 Å². The van der Waals surface area contributed by atoms with E-state index in [0.717, 1.165) is 50.0 Å². The molecule has 3 aliphatic rings. The van der Waals surface area contributed by atoms with Gasteiger partial charge in [0.2, 0.25) is 10.0 Å². The second kappa shape index (κ2) is 10.8. The Morgan fingerprint density at radius 3 is 2.43 bits per heavy atom. The molecular formula is C34H39ClN4O2S. The maximum absolute atomic E-state index is 13.7. The highest BCUT2D eigenvalue weighted by Gasteiger charge is 2.46. The highest BCUT2D eigenvalue weighted by Crippen LogP contribution is 2.46. The predicted molar refractivity (Wildman–Crippen MR) is 169 cm³/mol. The Balaban J connectivity index is 1.13. The number of benzene rings is 3. The van der Waals surface area contributed by atoms with Crippen LogP contribution in [0, 0.1) is 6.92 Å². The van der Waals surface area contributed by atoms with Crippen molar-refractivity contribution in [1.82, 2.24) is 18.8 Å². The summed E-state index contributed by atoms with van der Waals surface area (Å²) in [4.78, 5) is 7.80. The van der Waals surface area contributed by atoms with Crippen LogP contribution in [-0.2, 0) is 21.9 Å². The third-order valence-electron chi connectivity index (χ3n) is 10.4. The number of hydrogen-bond acceptors (Lipinski definition) is 4. The summed E-state index contributed by atoms with van der Waals surface area (Å²) in [6.07, 6.45) is 7.63. The predicted octanol–water partition coefficient (Wildman–Crippen LogP) is 6.76. The molecule has 8 heteroatoms. The lowest BCUT2D eigenvalue weighted by Gasteiger charge is -2.42. The van der Waals surface area contributed by atoms with Gasteiger partial charge in [-0.25, -0.2) is 13.4 Å². The Kier molecular flexibility index (Phi) is 7.21. The van der Waals surface area contributed by atoms with Gasteiger partial charge in [0.25, 0.3) is 0 Å². The van der Waals surface area contributed by atoms with E-state index < -0.39 is 10.0 Å². The van der Waals surface area contributed by atoms with E-state index in [2.05, 4.69) is 64.9 Å². The zero-order chi connectivity index (χ0) is 29.1. The average Bonchev–Trinajstić information content (AvgIpc) is 3.59. The molecule has 3 heterocycles. The number of aromatic nitrogens is 2. The third kappa shape index (κ3) is 4.69. The Hall–Kier alpha value is -2.71. The number of halogens is 1. The zero-order valence-electron chi connectivity index (χ0n) is 24.4. The molecule has 0 amide bonds. The summed E-state index contributed by atoms with van der Waals surface area (Å²) in [7, 11) is -2.01. The van der Waals surface area contributed by atoms with Crippen molar-refractivity contribution in [1.29, 1.82) is 0 Å². The molecule has 2 fully saturated rings. The summed E-state index contributed by atoms with van der Waals surface area (Å²) in [6.45, 7) is 3.58. The Labute approximate surface area is 254 Å². The number of piperidine rings is 1. The minimum Gasteiger partial charge on any atom is -0.325 e. The van der Waals surface area contributed by atoms with E-state index in [4.69, 9.17) is 16.6 Å². The molecule has 1 aliphatic carbocycles. The van der Waals surface area contributed by atoms with Crippen LogP contribution in [0.25, 0.3) is 11.0 Å². The SMILES string of the molecule is Cc1nc2ccccc2n1C1C[C@@H]2CC[C@@H](C1)N2CCC1(CN(C)S(=O)(=O)c2ccccc2Cl)CCc2ccccc21. The third-order valence-corrected chi connectivity index (χ3v) is 12.7. The number of nitrogens with zero attached hydrogens (tertiary/aromatic N) is 4. The molecule has 7 rings (SSSR count). The maximum Gasteiger partial charge on any atom is 0.244 e. The van der Waals surface area contributed by atoms with Crippen molar-refractivity contribution in [2.75, 3.05) is 20.1 Å². The Morgan fingerprint density at radius 2 is 1.64 bits per heavy atom. The molecule has 220 valence electrons. The van der Waals surface area contributed by atoms with E-state index in [1.165, 1.54) is 29.5 Å². The number of rotatable bonds is 8. The van der Waals surface area contributed by atoms with Gasteiger partial charge in [0.05, 0.1) is 16.1 Å².